The van der Waals surface area contributed by atoms with Gasteiger partial charge in [0.1, 0.15) is 11.8 Å². The van der Waals surface area contributed by atoms with Crippen LogP contribution in [-0.2, 0) is 0 Å². The second kappa shape index (κ2) is 4.07. The molecule has 19 heavy (non-hydrogen) atoms. The highest BCUT2D eigenvalue weighted by Gasteiger charge is 2.09. The summed E-state index contributed by atoms with van der Waals surface area (Å²) in [6, 6.07) is 14.4. The zero-order valence-electron chi connectivity index (χ0n) is 10.0. The van der Waals surface area contributed by atoms with Crippen LogP contribution in [0.25, 0.3) is 16.6 Å². The summed E-state index contributed by atoms with van der Waals surface area (Å²) in [5.74, 6) is 0.209. The van der Waals surface area contributed by atoms with Crippen molar-refractivity contribution in [1.29, 1.82) is 5.26 Å². The summed E-state index contributed by atoms with van der Waals surface area (Å²) in [4.78, 5) is 0. The Kier molecular flexibility index (Phi) is 2.39. The fourth-order valence-corrected chi connectivity index (χ4v) is 2.16. The van der Waals surface area contributed by atoms with Gasteiger partial charge in [-0.2, -0.15) is 5.26 Å². The molecule has 0 radical (unpaired) electrons. The minimum atomic E-state index is 0.209. The molecule has 0 amide bonds. The molecule has 0 saturated heterocycles. The molecule has 92 valence electrons. The van der Waals surface area contributed by atoms with Crippen LogP contribution in [0, 0.1) is 11.3 Å². The predicted molar refractivity (Wildman–Crippen MR) is 74.1 cm³/mol. The highest BCUT2D eigenvalue weighted by molar-refractivity contribution is 5.90. The molecule has 3 rings (SSSR count). The molecule has 2 aromatic carbocycles. The lowest BCUT2D eigenvalue weighted by Crippen LogP contribution is -1.92. The van der Waals surface area contributed by atoms with E-state index >= 15 is 0 Å². The second-order valence-corrected chi connectivity index (χ2v) is 4.32. The molecule has 0 spiro atoms. The predicted octanol–water partition coefficient (Wildman–Crippen LogP) is 2.79. The molecule has 3 aromatic rings. The van der Waals surface area contributed by atoms with Gasteiger partial charge in [-0.05, 0) is 42.5 Å². The Bertz CT molecular complexity index is 795. The van der Waals surface area contributed by atoms with E-state index in [9.17, 15) is 10.4 Å². The van der Waals surface area contributed by atoms with Crippen molar-refractivity contribution < 1.29 is 5.11 Å². The van der Waals surface area contributed by atoms with Gasteiger partial charge in [0.15, 0.2) is 0 Å². The van der Waals surface area contributed by atoms with E-state index in [1.54, 1.807) is 36.5 Å². The van der Waals surface area contributed by atoms with E-state index < -0.39 is 0 Å². The molecule has 0 bridgehead atoms. The minimum absolute atomic E-state index is 0.209. The first kappa shape index (κ1) is 11.2. The summed E-state index contributed by atoms with van der Waals surface area (Å²) < 4.78 is 1.89. The molecule has 0 saturated carbocycles. The number of aromatic hydroxyl groups is 1. The van der Waals surface area contributed by atoms with Crippen molar-refractivity contribution in [3.63, 3.8) is 0 Å². The Morgan fingerprint density at radius 1 is 1.11 bits per heavy atom. The van der Waals surface area contributed by atoms with E-state index in [1.165, 1.54) is 0 Å². The minimum Gasteiger partial charge on any atom is -0.508 e. The first-order valence-electron chi connectivity index (χ1n) is 5.79. The van der Waals surface area contributed by atoms with Crippen molar-refractivity contribution in [2.24, 2.45) is 0 Å². The van der Waals surface area contributed by atoms with Crippen LogP contribution in [0.4, 0.5) is 5.69 Å². The summed E-state index contributed by atoms with van der Waals surface area (Å²) in [5, 5.41) is 19.4. The van der Waals surface area contributed by atoms with Crippen molar-refractivity contribution in [3.8, 4) is 17.5 Å². The molecular formula is C15H11N3O. The fourth-order valence-electron chi connectivity index (χ4n) is 2.16. The molecule has 0 unspecified atom stereocenters. The summed E-state index contributed by atoms with van der Waals surface area (Å²) >= 11 is 0. The van der Waals surface area contributed by atoms with E-state index in [1.807, 2.05) is 16.7 Å². The van der Waals surface area contributed by atoms with E-state index in [-0.39, 0.29) is 5.75 Å². The molecule has 0 aliphatic carbocycles. The van der Waals surface area contributed by atoms with Gasteiger partial charge in [0, 0.05) is 23.0 Å². The largest absolute Gasteiger partial charge is 0.508 e. The number of nitrogens with two attached hydrogens (primary N) is 1. The monoisotopic (exact) mass is 249 g/mol. The molecule has 3 N–H and O–H groups in total. The van der Waals surface area contributed by atoms with Crippen LogP contribution in [0.1, 0.15) is 5.56 Å². The number of rotatable bonds is 1. The number of hydrogen-bond donors (Lipinski definition) is 2. The third-order valence-electron chi connectivity index (χ3n) is 3.08. The molecule has 0 fully saturated rings. The van der Waals surface area contributed by atoms with Crippen molar-refractivity contribution in [2.75, 3.05) is 5.73 Å². The Balaban J connectivity index is 2.32. The quantitative estimate of drug-likeness (QED) is 0.651. The highest BCUT2D eigenvalue weighted by atomic mass is 16.3. The number of phenolic OH excluding ortho intramolecular Hbond substituents is 1. The van der Waals surface area contributed by atoms with Crippen LogP contribution < -0.4 is 5.73 Å². The summed E-state index contributed by atoms with van der Waals surface area (Å²) in [6.07, 6.45) is 1.77. The molecule has 1 heterocycles. The average molecular weight is 249 g/mol. The van der Waals surface area contributed by atoms with Gasteiger partial charge in [-0.25, -0.2) is 0 Å². The number of aromatic nitrogens is 1. The Morgan fingerprint density at radius 3 is 2.53 bits per heavy atom. The molecule has 0 atom stereocenters. The van der Waals surface area contributed by atoms with Gasteiger partial charge in [-0.1, -0.05) is 0 Å². The second-order valence-electron chi connectivity index (χ2n) is 4.32. The number of anilines is 1. The van der Waals surface area contributed by atoms with E-state index in [4.69, 9.17) is 5.73 Å². The lowest BCUT2D eigenvalue weighted by molar-refractivity contribution is 0.475. The number of nitrogen functional groups attached to an aromatic ring is 1. The number of benzene rings is 2. The van der Waals surface area contributed by atoms with Crippen LogP contribution in [0.3, 0.4) is 0 Å². The molecule has 4 nitrogen and oxygen atoms in total. The van der Waals surface area contributed by atoms with Crippen molar-refractivity contribution in [3.05, 3.63) is 54.2 Å². The molecule has 0 aliphatic heterocycles. The number of hydrogen-bond acceptors (Lipinski definition) is 3. The lowest BCUT2D eigenvalue weighted by Gasteiger charge is -2.05. The molecule has 4 heteroatoms. The summed E-state index contributed by atoms with van der Waals surface area (Å²) in [5.41, 5.74) is 8.81. The third-order valence-corrected chi connectivity index (χ3v) is 3.08. The van der Waals surface area contributed by atoms with Crippen molar-refractivity contribution in [1.82, 2.24) is 4.57 Å². The van der Waals surface area contributed by atoms with Gasteiger partial charge in [0.05, 0.1) is 11.1 Å². The third kappa shape index (κ3) is 1.78. The van der Waals surface area contributed by atoms with E-state index in [2.05, 4.69) is 6.07 Å². The number of fused-ring (bicyclic) bond motifs is 1. The molecular weight excluding hydrogens is 238 g/mol. The van der Waals surface area contributed by atoms with E-state index in [0.717, 1.165) is 16.6 Å². The molecule has 0 aliphatic rings. The van der Waals surface area contributed by atoms with Gasteiger partial charge >= 0.3 is 0 Å². The zero-order valence-corrected chi connectivity index (χ0v) is 10.0. The van der Waals surface area contributed by atoms with Crippen LogP contribution in [-0.4, -0.2) is 9.67 Å². The maximum atomic E-state index is 9.33. The SMILES string of the molecule is N#Cc1cn(-c2ccc(O)cc2)c2cc(N)ccc12. The van der Waals surface area contributed by atoms with Gasteiger partial charge in [-0.15, -0.1) is 0 Å². The average Bonchev–Trinajstić information content (AvgIpc) is 2.77. The van der Waals surface area contributed by atoms with Gasteiger partial charge in [0.25, 0.3) is 0 Å². The standard InChI is InChI=1S/C15H11N3O/c16-8-10-9-18(12-2-4-13(19)5-3-12)15-7-11(17)1-6-14(10)15/h1-7,9,19H,17H2. The number of phenols is 1. The van der Waals surface area contributed by atoms with Gasteiger partial charge in [0.2, 0.25) is 0 Å². The fraction of sp³-hybridized carbons (Fsp3) is 0. The highest BCUT2D eigenvalue weighted by Crippen LogP contribution is 2.27. The lowest BCUT2D eigenvalue weighted by atomic mass is 10.2. The Hall–Kier alpha value is -2.93. The zero-order chi connectivity index (χ0) is 13.4. The first-order chi connectivity index (χ1) is 9.19. The summed E-state index contributed by atoms with van der Waals surface area (Å²) in [7, 11) is 0. The topological polar surface area (TPSA) is 75.0 Å². The summed E-state index contributed by atoms with van der Waals surface area (Å²) in [6.45, 7) is 0. The van der Waals surface area contributed by atoms with Crippen LogP contribution >= 0.6 is 0 Å². The Morgan fingerprint density at radius 2 is 1.84 bits per heavy atom. The smallest absolute Gasteiger partial charge is 0.115 e. The molecule has 1 aromatic heterocycles. The number of nitrogens with zero attached hydrogens (tertiary/aromatic N) is 2. The van der Waals surface area contributed by atoms with Gasteiger partial charge < -0.3 is 15.4 Å². The van der Waals surface area contributed by atoms with Crippen LogP contribution in [0.2, 0.25) is 0 Å². The normalized spacial score (nSPS) is 10.5. The van der Waals surface area contributed by atoms with Crippen LogP contribution in [0.15, 0.2) is 48.7 Å². The maximum Gasteiger partial charge on any atom is 0.115 e. The Labute approximate surface area is 109 Å². The first-order valence-corrected chi connectivity index (χ1v) is 5.79. The van der Waals surface area contributed by atoms with E-state index in [0.29, 0.717) is 11.3 Å². The van der Waals surface area contributed by atoms with Crippen LogP contribution in [0.5, 0.6) is 5.75 Å². The number of nitriles is 1. The van der Waals surface area contributed by atoms with Gasteiger partial charge in [-0.3, -0.25) is 0 Å². The van der Waals surface area contributed by atoms with Crippen molar-refractivity contribution >= 4 is 16.6 Å². The van der Waals surface area contributed by atoms with Crippen molar-refractivity contribution in [2.45, 2.75) is 0 Å². The maximum absolute atomic E-state index is 9.33.